The molecule has 4 aromatic carbocycles. The number of nitrogens with one attached hydrogen (secondary N) is 2. The maximum Gasteiger partial charge on any atom is 0.224 e. The molecule has 0 bridgehead atoms. The number of halogens is 2. The summed E-state index contributed by atoms with van der Waals surface area (Å²) in [5, 5.41) is 16.0. The lowest BCUT2D eigenvalue weighted by molar-refractivity contribution is -0.252. The fraction of sp³-hybridized carbons (Fsp3) is 0.275. The standard InChI is InChI=1S/C40H41Cl2N5O5/c41-38-39(42)47(25-45-38)23-31-21-35(28-15-13-26(24-48)14-16-28)52-40(51-31)29-19-17-27(18-20-29)32-8-2-1-7-30(32)22-44-36(49)11-5-6-12-37(50)46-34-10-4-3-9-33(34)43/h1-4,7-10,13-20,25,31,35,40,48H,5-6,11-12,21-24,43H2,(H,44,49)(H,46,50). The summed E-state index contributed by atoms with van der Waals surface area (Å²) in [4.78, 5) is 29.1. The van der Waals surface area contributed by atoms with E-state index in [4.69, 9.17) is 38.4 Å². The van der Waals surface area contributed by atoms with Crippen LogP contribution >= 0.6 is 23.2 Å². The van der Waals surface area contributed by atoms with Crippen molar-refractivity contribution in [2.45, 2.75) is 70.3 Å². The van der Waals surface area contributed by atoms with E-state index in [1.165, 1.54) is 0 Å². The Bertz CT molecular complexity index is 1970. The molecule has 2 amide bonds. The number of nitrogens with zero attached hydrogens (tertiary/aromatic N) is 2. The summed E-state index contributed by atoms with van der Waals surface area (Å²) in [7, 11) is 0. The number of anilines is 2. The normalized spacial score (nSPS) is 17.1. The molecule has 10 nitrogen and oxygen atoms in total. The number of aromatic nitrogens is 2. The first-order chi connectivity index (χ1) is 25.3. The molecular weight excluding hydrogens is 701 g/mol. The Morgan fingerprint density at radius 2 is 1.56 bits per heavy atom. The minimum Gasteiger partial charge on any atom is -0.397 e. The molecule has 5 aromatic rings. The van der Waals surface area contributed by atoms with Crippen molar-refractivity contribution in [1.29, 1.82) is 0 Å². The largest absolute Gasteiger partial charge is 0.397 e. The zero-order valence-electron chi connectivity index (χ0n) is 28.5. The van der Waals surface area contributed by atoms with Gasteiger partial charge in [0.1, 0.15) is 5.15 Å². The second-order valence-electron chi connectivity index (χ2n) is 12.7. The van der Waals surface area contributed by atoms with E-state index in [-0.39, 0.29) is 35.8 Å². The van der Waals surface area contributed by atoms with Crippen molar-refractivity contribution >= 4 is 46.4 Å². The molecule has 52 heavy (non-hydrogen) atoms. The zero-order valence-corrected chi connectivity index (χ0v) is 30.0. The summed E-state index contributed by atoms with van der Waals surface area (Å²) >= 11 is 12.5. The summed E-state index contributed by atoms with van der Waals surface area (Å²) in [5.41, 5.74) is 12.6. The van der Waals surface area contributed by atoms with Crippen molar-refractivity contribution in [3.05, 3.63) is 136 Å². The van der Waals surface area contributed by atoms with Gasteiger partial charge in [0.2, 0.25) is 11.8 Å². The number of hydrogen-bond acceptors (Lipinski definition) is 7. The molecule has 1 aliphatic rings. The highest BCUT2D eigenvalue weighted by Crippen LogP contribution is 2.39. The van der Waals surface area contributed by atoms with Crippen LogP contribution in [0.1, 0.15) is 66.8 Å². The fourth-order valence-corrected chi connectivity index (χ4v) is 6.49. The van der Waals surface area contributed by atoms with Crippen LogP contribution in [0.25, 0.3) is 11.1 Å². The molecule has 0 aliphatic carbocycles. The number of aliphatic hydroxyl groups excluding tert-OH is 1. The molecule has 0 radical (unpaired) electrons. The van der Waals surface area contributed by atoms with Gasteiger partial charge in [-0.3, -0.25) is 9.59 Å². The van der Waals surface area contributed by atoms with Crippen molar-refractivity contribution in [3.8, 4) is 11.1 Å². The van der Waals surface area contributed by atoms with Gasteiger partial charge < -0.3 is 35.5 Å². The summed E-state index contributed by atoms with van der Waals surface area (Å²) in [6.07, 6.45) is 2.84. The maximum atomic E-state index is 12.7. The molecule has 270 valence electrons. The van der Waals surface area contributed by atoms with Crippen LogP contribution in [0.3, 0.4) is 0 Å². The number of ether oxygens (including phenoxy) is 2. The maximum absolute atomic E-state index is 12.7. The Morgan fingerprint density at radius 3 is 2.27 bits per heavy atom. The number of carbonyl (C=O) groups is 2. The first kappa shape index (κ1) is 37.1. The number of hydrogen-bond donors (Lipinski definition) is 4. The molecule has 6 rings (SSSR count). The molecule has 12 heteroatoms. The topological polar surface area (TPSA) is 141 Å². The number of rotatable bonds is 14. The lowest BCUT2D eigenvalue weighted by Crippen LogP contribution is -2.32. The average molecular weight is 743 g/mol. The highest BCUT2D eigenvalue weighted by Gasteiger charge is 2.33. The number of carbonyl (C=O) groups excluding carboxylic acids is 2. The van der Waals surface area contributed by atoms with Crippen molar-refractivity contribution in [2.75, 3.05) is 11.1 Å². The molecule has 1 aliphatic heterocycles. The molecule has 0 saturated carbocycles. The molecule has 1 aromatic heterocycles. The van der Waals surface area contributed by atoms with Gasteiger partial charge in [-0.1, -0.05) is 108 Å². The second kappa shape index (κ2) is 17.7. The van der Waals surface area contributed by atoms with Gasteiger partial charge in [0.15, 0.2) is 11.4 Å². The van der Waals surface area contributed by atoms with Gasteiger partial charge in [0, 0.05) is 31.4 Å². The number of nitrogen functional groups attached to an aromatic ring is 1. The Hall–Kier alpha value is -4.71. The molecular formula is C40H41Cl2N5O5. The van der Waals surface area contributed by atoms with Gasteiger partial charge in [-0.15, -0.1) is 0 Å². The van der Waals surface area contributed by atoms with E-state index in [9.17, 15) is 14.7 Å². The summed E-state index contributed by atoms with van der Waals surface area (Å²) in [6, 6.07) is 30.8. The first-order valence-corrected chi connectivity index (χ1v) is 18.0. The number of unbranched alkanes of at least 4 members (excludes halogenated alkanes) is 1. The predicted octanol–water partition coefficient (Wildman–Crippen LogP) is 7.99. The Morgan fingerprint density at radius 1 is 0.865 bits per heavy atom. The van der Waals surface area contributed by atoms with Gasteiger partial charge in [-0.2, -0.15) is 0 Å². The average Bonchev–Trinajstić information content (AvgIpc) is 3.49. The fourth-order valence-electron chi connectivity index (χ4n) is 6.18. The van der Waals surface area contributed by atoms with E-state index in [2.05, 4.69) is 15.6 Å². The third-order valence-electron chi connectivity index (χ3n) is 9.03. The minimum atomic E-state index is -0.648. The smallest absolute Gasteiger partial charge is 0.224 e. The van der Waals surface area contributed by atoms with Gasteiger partial charge in [-0.25, -0.2) is 4.98 Å². The molecule has 0 spiro atoms. The van der Waals surface area contributed by atoms with Crippen LogP contribution in [-0.4, -0.2) is 32.6 Å². The number of nitrogens with two attached hydrogens (primary N) is 1. The van der Waals surface area contributed by atoms with E-state index in [0.29, 0.717) is 61.7 Å². The molecule has 3 unspecified atom stereocenters. The first-order valence-electron chi connectivity index (χ1n) is 17.2. The van der Waals surface area contributed by atoms with E-state index in [0.717, 1.165) is 33.4 Å². The highest BCUT2D eigenvalue weighted by atomic mass is 35.5. The van der Waals surface area contributed by atoms with E-state index < -0.39 is 6.29 Å². The summed E-state index contributed by atoms with van der Waals surface area (Å²) < 4.78 is 14.7. The van der Waals surface area contributed by atoms with Crippen molar-refractivity contribution in [2.24, 2.45) is 0 Å². The molecule has 3 atom stereocenters. The van der Waals surface area contributed by atoms with Gasteiger partial charge >= 0.3 is 0 Å². The van der Waals surface area contributed by atoms with Crippen LogP contribution in [-0.2, 0) is 38.8 Å². The van der Waals surface area contributed by atoms with Crippen LogP contribution < -0.4 is 16.4 Å². The van der Waals surface area contributed by atoms with Crippen LogP contribution in [0.5, 0.6) is 0 Å². The predicted molar refractivity (Wildman–Crippen MR) is 202 cm³/mol. The lowest BCUT2D eigenvalue weighted by Gasteiger charge is -2.36. The second-order valence-corrected chi connectivity index (χ2v) is 13.4. The SMILES string of the molecule is Nc1ccccc1NC(=O)CCCCC(=O)NCc1ccccc1-c1ccc(C2OC(Cn3cnc(Cl)c3Cl)CC(c3ccc(CO)cc3)O2)cc1. The molecule has 5 N–H and O–H groups in total. The molecule has 1 fully saturated rings. The summed E-state index contributed by atoms with van der Waals surface area (Å²) in [5.74, 6) is -0.198. The van der Waals surface area contributed by atoms with E-state index in [1.807, 2.05) is 84.9 Å². The Kier molecular flexibility index (Phi) is 12.6. The van der Waals surface area contributed by atoms with Crippen LogP contribution in [0.4, 0.5) is 11.4 Å². The quantitative estimate of drug-likeness (QED) is 0.0668. The van der Waals surface area contributed by atoms with Gasteiger partial charge in [0.05, 0.1) is 43.1 Å². The van der Waals surface area contributed by atoms with Gasteiger partial charge in [0.25, 0.3) is 0 Å². The van der Waals surface area contributed by atoms with E-state index >= 15 is 0 Å². The molecule has 1 saturated heterocycles. The lowest BCUT2D eigenvalue weighted by atomic mass is 9.97. The number of benzene rings is 4. The van der Waals surface area contributed by atoms with Crippen molar-refractivity contribution < 1.29 is 24.2 Å². The van der Waals surface area contributed by atoms with Crippen LogP contribution in [0, 0.1) is 0 Å². The highest BCUT2D eigenvalue weighted by molar-refractivity contribution is 6.40. The molecule has 2 heterocycles. The number of imidazole rings is 1. The Labute approximate surface area is 312 Å². The van der Waals surface area contributed by atoms with Crippen LogP contribution in [0.2, 0.25) is 10.3 Å². The Balaban J connectivity index is 1.06. The number of aliphatic hydroxyl groups is 1. The van der Waals surface area contributed by atoms with Crippen LogP contribution in [0.15, 0.2) is 103 Å². The third kappa shape index (κ3) is 9.58. The van der Waals surface area contributed by atoms with Gasteiger partial charge in [-0.05, 0) is 52.8 Å². The number of para-hydroxylation sites is 2. The third-order valence-corrected chi connectivity index (χ3v) is 9.80. The zero-order chi connectivity index (χ0) is 36.5. The monoisotopic (exact) mass is 741 g/mol. The van der Waals surface area contributed by atoms with E-state index in [1.54, 1.807) is 23.0 Å². The van der Waals surface area contributed by atoms with Crippen molar-refractivity contribution in [3.63, 3.8) is 0 Å². The summed E-state index contributed by atoms with van der Waals surface area (Å²) in [6.45, 7) is 0.786. The minimum absolute atomic E-state index is 0.0319. The number of amides is 2. The van der Waals surface area contributed by atoms with Crippen molar-refractivity contribution in [1.82, 2.24) is 14.9 Å².